The summed E-state index contributed by atoms with van der Waals surface area (Å²) < 4.78 is 11.8. The smallest absolute Gasteiger partial charge is 0.410 e. The summed E-state index contributed by atoms with van der Waals surface area (Å²) in [7, 11) is 0. The van der Waals surface area contributed by atoms with E-state index in [1.54, 1.807) is 4.90 Å². The van der Waals surface area contributed by atoms with Crippen LogP contribution in [0.2, 0.25) is 0 Å². The van der Waals surface area contributed by atoms with Gasteiger partial charge in [-0.3, -0.25) is 0 Å². The molecule has 0 saturated carbocycles. The van der Waals surface area contributed by atoms with Gasteiger partial charge in [-0.1, -0.05) is 37.3 Å². The minimum absolute atomic E-state index is 0.311. The van der Waals surface area contributed by atoms with E-state index in [0.717, 1.165) is 51.0 Å². The number of aromatic nitrogens is 1. The fraction of sp³-hybridized carbons (Fsp3) is 0.333. The van der Waals surface area contributed by atoms with Gasteiger partial charge in [0.25, 0.3) is 0 Å². The maximum Gasteiger partial charge on any atom is 0.410 e. The van der Waals surface area contributed by atoms with E-state index < -0.39 is 5.60 Å². The molecule has 0 aliphatic heterocycles. The average Bonchev–Trinajstić information content (AvgIpc) is 3.23. The normalized spacial score (nSPS) is 11.6. The monoisotopic (exact) mass is 485 g/mol. The van der Waals surface area contributed by atoms with Crippen LogP contribution in [0, 0.1) is 13.8 Å². The van der Waals surface area contributed by atoms with Gasteiger partial charge in [0.2, 0.25) is 5.89 Å². The molecular formula is C30H35N3O3. The zero-order valence-corrected chi connectivity index (χ0v) is 22.0. The summed E-state index contributed by atoms with van der Waals surface area (Å²) in [5.74, 6) is 0.570. The van der Waals surface area contributed by atoms with Gasteiger partial charge in [-0.05, 0) is 93.1 Å². The van der Waals surface area contributed by atoms with Crippen molar-refractivity contribution in [2.45, 2.75) is 60.1 Å². The van der Waals surface area contributed by atoms with Crippen LogP contribution >= 0.6 is 0 Å². The number of nitrogens with two attached hydrogens (primary N) is 1. The molecule has 1 heterocycles. The quantitative estimate of drug-likeness (QED) is 0.286. The lowest BCUT2D eigenvalue weighted by molar-refractivity contribution is 0.0233. The zero-order chi connectivity index (χ0) is 26.0. The highest BCUT2D eigenvalue weighted by Gasteiger charge is 2.22. The summed E-state index contributed by atoms with van der Waals surface area (Å²) in [6.07, 6.45) is 0.534. The standard InChI is InChI=1S/C30H35N3O3/c1-7-16-33(29(34)36-30(4,5)6)18-21-14-15-27-26(17-21)32-28(35-27)24-12-8-10-22(19(24)2)23-11-9-13-25(31)20(23)3/h8-15,17H,7,16,18,31H2,1-6H3. The molecule has 0 bridgehead atoms. The summed E-state index contributed by atoms with van der Waals surface area (Å²) in [6, 6.07) is 18.0. The molecule has 0 atom stereocenters. The highest BCUT2D eigenvalue weighted by Crippen LogP contribution is 2.35. The lowest BCUT2D eigenvalue weighted by Crippen LogP contribution is -2.36. The summed E-state index contributed by atoms with van der Waals surface area (Å²) >= 11 is 0. The maximum atomic E-state index is 12.7. The van der Waals surface area contributed by atoms with E-state index in [1.807, 2.05) is 77.1 Å². The van der Waals surface area contributed by atoms with Crippen molar-refractivity contribution in [2.75, 3.05) is 12.3 Å². The van der Waals surface area contributed by atoms with Crippen LogP contribution in [0.15, 0.2) is 59.0 Å². The largest absolute Gasteiger partial charge is 0.444 e. The summed E-state index contributed by atoms with van der Waals surface area (Å²) in [6.45, 7) is 12.9. The minimum Gasteiger partial charge on any atom is -0.444 e. The van der Waals surface area contributed by atoms with E-state index >= 15 is 0 Å². The first kappa shape index (κ1) is 25.3. The van der Waals surface area contributed by atoms with Crippen LogP contribution in [0.4, 0.5) is 10.5 Å². The number of rotatable bonds is 6. The molecule has 6 nitrogen and oxygen atoms in total. The van der Waals surface area contributed by atoms with Crippen LogP contribution in [0.5, 0.6) is 0 Å². The Balaban J connectivity index is 1.65. The van der Waals surface area contributed by atoms with E-state index in [4.69, 9.17) is 19.9 Å². The summed E-state index contributed by atoms with van der Waals surface area (Å²) in [5.41, 5.74) is 14.1. The van der Waals surface area contributed by atoms with Gasteiger partial charge in [-0.2, -0.15) is 0 Å². The third-order valence-electron chi connectivity index (χ3n) is 6.20. The summed E-state index contributed by atoms with van der Waals surface area (Å²) in [5, 5.41) is 0. The number of ether oxygens (including phenoxy) is 1. The molecule has 4 aromatic rings. The van der Waals surface area contributed by atoms with Crippen molar-refractivity contribution in [3.05, 3.63) is 71.3 Å². The molecular weight excluding hydrogens is 450 g/mol. The molecule has 4 rings (SSSR count). The number of anilines is 1. The highest BCUT2D eigenvalue weighted by atomic mass is 16.6. The third kappa shape index (κ3) is 5.38. The van der Waals surface area contributed by atoms with Gasteiger partial charge >= 0.3 is 6.09 Å². The Labute approximate surface area is 213 Å². The fourth-order valence-electron chi connectivity index (χ4n) is 4.34. The van der Waals surface area contributed by atoms with E-state index in [2.05, 4.69) is 19.1 Å². The van der Waals surface area contributed by atoms with Gasteiger partial charge < -0.3 is 19.8 Å². The predicted octanol–water partition coefficient (Wildman–Crippen LogP) is 7.51. The maximum absolute atomic E-state index is 12.7. The molecule has 6 heteroatoms. The third-order valence-corrected chi connectivity index (χ3v) is 6.20. The number of nitrogen functional groups attached to an aromatic ring is 1. The second-order valence-corrected chi connectivity index (χ2v) is 10.2. The number of carbonyl (C=O) groups is 1. The van der Waals surface area contributed by atoms with Crippen LogP contribution in [0.1, 0.15) is 50.8 Å². The van der Waals surface area contributed by atoms with Crippen molar-refractivity contribution in [3.8, 4) is 22.6 Å². The van der Waals surface area contributed by atoms with E-state index in [9.17, 15) is 4.79 Å². The molecule has 0 radical (unpaired) electrons. The molecule has 0 aliphatic rings. The number of nitrogens with zero attached hydrogens (tertiary/aromatic N) is 2. The number of oxazole rings is 1. The van der Waals surface area contributed by atoms with E-state index in [0.29, 0.717) is 24.6 Å². The first-order valence-electron chi connectivity index (χ1n) is 12.4. The number of amides is 1. The molecule has 188 valence electrons. The van der Waals surface area contributed by atoms with Crippen LogP contribution < -0.4 is 5.73 Å². The van der Waals surface area contributed by atoms with E-state index in [-0.39, 0.29) is 6.09 Å². The fourth-order valence-corrected chi connectivity index (χ4v) is 4.34. The molecule has 3 aromatic carbocycles. The Morgan fingerprint density at radius 3 is 2.36 bits per heavy atom. The van der Waals surface area contributed by atoms with Gasteiger partial charge in [0.15, 0.2) is 5.58 Å². The molecule has 0 fully saturated rings. The van der Waals surface area contributed by atoms with Gasteiger partial charge in [0.1, 0.15) is 11.1 Å². The van der Waals surface area contributed by atoms with E-state index in [1.165, 1.54) is 0 Å². The number of hydrogen-bond donors (Lipinski definition) is 1. The zero-order valence-electron chi connectivity index (χ0n) is 22.0. The average molecular weight is 486 g/mol. The van der Waals surface area contributed by atoms with Crippen molar-refractivity contribution in [3.63, 3.8) is 0 Å². The SMILES string of the molecule is CCCN(Cc1ccc2oc(-c3cccc(-c4cccc(N)c4C)c3C)nc2c1)C(=O)OC(C)(C)C. The number of carbonyl (C=O) groups excluding carboxylic acids is 1. The van der Waals surface area contributed by atoms with Crippen LogP contribution in [-0.4, -0.2) is 28.1 Å². The lowest BCUT2D eigenvalue weighted by Gasteiger charge is -2.27. The highest BCUT2D eigenvalue weighted by molar-refractivity contribution is 5.82. The molecule has 2 N–H and O–H groups in total. The van der Waals surface area contributed by atoms with Crippen LogP contribution in [0.25, 0.3) is 33.7 Å². The predicted molar refractivity (Wildman–Crippen MR) is 146 cm³/mol. The Morgan fingerprint density at radius 1 is 1.00 bits per heavy atom. The Morgan fingerprint density at radius 2 is 1.67 bits per heavy atom. The topological polar surface area (TPSA) is 81.6 Å². The Kier molecular flexibility index (Phi) is 7.07. The molecule has 0 aliphatic carbocycles. The van der Waals surface area contributed by atoms with Gasteiger partial charge in [0.05, 0.1) is 0 Å². The second kappa shape index (κ2) is 10.1. The lowest BCUT2D eigenvalue weighted by atomic mass is 9.93. The van der Waals surface area contributed by atoms with Crippen molar-refractivity contribution >= 4 is 22.9 Å². The first-order chi connectivity index (χ1) is 17.1. The molecule has 36 heavy (non-hydrogen) atoms. The van der Waals surface area contributed by atoms with Crippen molar-refractivity contribution in [2.24, 2.45) is 0 Å². The molecule has 0 unspecified atom stereocenters. The van der Waals surface area contributed by atoms with Gasteiger partial charge in [0, 0.05) is 24.3 Å². The van der Waals surface area contributed by atoms with Gasteiger partial charge in [-0.15, -0.1) is 0 Å². The summed E-state index contributed by atoms with van der Waals surface area (Å²) in [4.78, 5) is 19.2. The first-order valence-corrected chi connectivity index (χ1v) is 12.4. The van der Waals surface area contributed by atoms with Crippen molar-refractivity contribution in [1.29, 1.82) is 0 Å². The van der Waals surface area contributed by atoms with Gasteiger partial charge in [-0.25, -0.2) is 9.78 Å². The molecule has 1 amide bonds. The minimum atomic E-state index is -0.537. The Bertz CT molecular complexity index is 1400. The second-order valence-electron chi connectivity index (χ2n) is 10.2. The van der Waals surface area contributed by atoms with Crippen molar-refractivity contribution < 1.29 is 13.9 Å². The molecule has 0 spiro atoms. The number of hydrogen-bond acceptors (Lipinski definition) is 5. The van der Waals surface area contributed by atoms with Crippen molar-refractivity contribution in [1.82, 2.24) is 9.88 Å². The number of fused-ring (bicyclic) bond motifs is 1. The molecule has 1 aromatic heterocycles. The Hall–Kier alpha value is -3.80. The van der Waals surface area contributed by atoms with Crippen LogP contribution in [-0.2, 0) is 11.3 Å². The molecule has 0 saturated heterocycles. The number of benzene rings is 3. The van der Waals surface area contributed by atoms with Crippen LogP contribution in [0.3, 0.4) is 0 Å².